The molecule has 0 radical (unpaired) electrons. The number of primary amides is 1. The number of esters is 1. The Morgan fingerprint density at radius 1 is 1.24 bits per heavy atom. The van der Waals surface area contributed by atoms with Gasteiger partial charge in [-0.25, -0.2) is 4.79 Å². The lowest BCUT2D eigenvalue weighted by atomic mass is 10.1. The minimum Gasteiger partial charge on any atom is -0.456 e. The average Bonchev–Trinajstić information content (AvgIpc) is 2.85. The third kappa shape index (κ3) is 4.07. The van der Waals surface area contributed by atoms with Crippen molar-refractivity contribution in [3.05, 3.63) is 36.0 Å². The van der Waals surface area contributed by atoms with Crippen LogP contribution in [0.3, 0.4) is 0 Å². The van der Waals surface area contributed by atoms with E-state index in [1.54, 1.807) is 0 Å². The molecule has 7 nitrogen and oxygen atoms in total. The zero-order valence-electron chi connectivity index (χ0n) is 11.2. The largest absolute Gasteiger partial charge is 0.456 e. The molecule has 0 unspecified atom stereocenters. The van der Waals surface area contributed by atoms with Gasteiger partial charge in [-0.15, -0.1) is 0 Å². The number of ether oxygens (including phenoxy) is 1. The Hall–Kier alpha value is -2.83. The molecule has 2 rings (SSSR count). The summed E-state index contributed by atoms with van der Waals surface area (Å²) in [6.45, 7) is -0.518. The summed E-state index contributed by atoms with van der Waals surface area (Å²) in [4.78, 5) is 36.1. The van der Waals surface area contributed by atoms with E-state index >= 15 is 0 Å². The van der Waals surface area contributed by atoms with Gasteiger partial charge in [0.2, 0.25) is 0 Å². The molecule has 0 bridgehead atoms. The van der Waals surface area contributed by atoms with Gasteiger partial charge in [-0.2, -0.15) is 0 Å². The first-order chi connectivity index (χ1) is 10.1. The number of aryl methyl sites for hydroxylation is 1. The molecule has 0 saturated heterocycles. The molecule has 0 aliphatic carbocycles. The Balaban J connectivity index is 1.81. The molecule has 21 heavy (non-hydrogen) atoms. The van der Waals surface area contributed by atoms with E-state index in [-0.39, 0.29) is 6.42 Å². The highest BCUT2D eigenvalue weighted by Crippen LogP contribution is 2.18. The number of fused-ring (bicyclic) bond motifs is 1. The van der Waals surface area contributed by atoms with Crippen LogP contribution in [-0.2, 0) is 20.7 Å². The molecule has 0 fully saturated rings. The molecule has 2 aromatic rings. The quantitative estimate of drug-likeness (QED) is 0.707. The topological polar surface area (TPSA) is 114 Å². The lowest BCUT2D eigenvalue weighted by Gasteiger charge is -2.04. The number of H-pyrrole nitrogens is 1. The molecular weight excluding hydrogens is 274 g/mol. The number of rotatable bonds is 5. The fourth-order valence-electron chi connectivity index (χ4n) is 1.97. The van der Waals surface area contributed by atoms with Crippen LogP contribution in [0.15, 0.2) is 30.5 Å². The number of carbonyl (C=O) groups excluding carboxylic acids is 3. The van der Waals surface area contributed by atoms with Crippen molar-refractivity contribution >= 4 is 28.8 Å². The van der Waals surface area contributed by atoms with Crippen molar-refractivity contribution < 1.29 is 19.1 Å². The van der Waals surface area contributed by atoms with Gasteiger partial charge in [0.1, 0.15) is 0 Å². The van der Waals surface area contributed by atoms with Crippen molar-refractivity contribution in [1.29, 1.82) is 0 Å². The molecule has 0 aliphatic heterocycles. The molecule has 0 aliphatic rings. The van der Waals surface area contributed by atoms with Crippen LogP contribution in [-0.4, -0.2) is 29.5 Å². The van der Waals surface area contributed by atoms with Crippen molar-refractivity contribution in [2.75, 3.05) is 6.61 Å². The number of hydrogen-bond acceptors (Lipinski definition) is 4. The van der Waals surface area contributed by atoms with Crippen molar-refractivity contribution in [3.63, 3.8) is 0 Å². The van der Waals surface area contributed by atoms with Gasteiger partial charge in [-0.3, -0.25) is 14.9 Å². The summed E-state index contributed by atoms with van der Waals surface area (Å²) in [5.74, 6) is -1.26. The van der Waals surface area contributed by atoms with Crippen LogP contribution in [0, 0.1) is 0 Å². The number of nitrogens with one attached hydrogen (secondary N) is 2. The van der Waals surface area contributed by atoms with Crippen molar-refractivity contribution in [1.82, 2.24) is 10.3 Å². The van der Waals surface area contributed by atoms with E-state index < -0.39 is 24.5 Å². The van der Waals surface area contributed by atoms with E-state index in [0.29, 0.717) is 6.42 Å². The third-order valence-corrected chi connectivity index (χ3v) is 2.90. The Morgan fingerprint density at radius 2 is 2.00 bits per heavy atom. The van der Waals surface area contributed by atoms with E-state index in [9.17, 15) is 14.4 Å². The van der Waals surface area contributed by atoms with Crippen LogP contribution in [0.5, 0.6) is 0 Å². The fourth-order valence-corrected chi connectivity index (χ4v) is 1.97. The molecule has 3 amide bonds. The summed E-state index contributed by atoms with van der Waals surface area (Å²) in [7, 11) is 0. The standard InChI is InChI=1S/C14H15N3O4/c15-14(20)17-12(18)8-21-13(19)6-5-9-7-16-11-4-2-1-3-10(9)11/h1-4,7,16H,5-6,8H2,(H3,15,17,18,20). The SMILES string of the molecule is NC(=O)NC(=O)COC(=O)CCc1c[nH]c2ccccc12. The predicted octanol–water partition coefficient (Wildman–Crippen LogP) is 0.839. The number of aromatic nitrogens is 1. The summed E-state index contributed by atoms with van der Waals surface area (Å²) in [5, 5.41) is 2.86. The minimum atomic E-state index is -0.977. The lowest BCUT2D eigenvalue weighted by Crippen LogP contribution is -2.37. The van der Waals surface area contributed by atoms with Gasteiger partial charge in [0, 0.05) is 23.5 Å². The Labute approximate surface area is 120 Å². The Morgan fingerprint density at radius 3 is 2.76 bits per heavy atom. The van der Waals surface area contributed by atoms with Gasteiger partial charge >= 0.3 is 12.0 Å². The van der Waals surface area contributed by atoms with Crippen LogP contribution in [0.4, 0.5) is 4.79 Å². The summed E-state index contributed by atoms with van der Waals surface area (Å²) in [6.07, 6.45) is 2.49. The number of urea groups is 1. The Kier molecular flexibility index (Phi) is 4.55. The number of imide groups is 1. The van der Waals surface area contributed by atoms with Crippen molar-refractivity contribution in [3.8, 4) is 0 Å². The number of benzene rings is 1. The number of para-hydroxylation sites is 1. The van der Waals surface area contributed by atoms with Gasteiger partial charge in [0.25, 0.3) is 5.91 Å². The number of hydrogen-bond donors (Lipinski definition) is 3. The summed E-state index contributed by atoms with van der Waals surface area (Å²) in [5.41, 5.74) is 6.77. The predicted molar refractivity (Wildman–Crippen MR) is 75.3 cm³/mol. The van der Waals surface area contributed by atoms with Gasteiger partial charge in [-0.05, 0) is 18.1 Å². The van der Waals surface area contributed by atoms with E-state index in [2.05, 4.69) is 4.98 Å². The molecule has 7 heteroatoms. The Bertz CT molecular complexity index is 678. The molecule has 0 saturated carbocycles. The normalized spacial score (nSPS) is 10.3. The molecule has 0 atom stereocenters. The van der Waals surface area contributed by atoms with E-state index in [1.165, 1.54) is 0 Å². The van der Waals surface area contributed by atoms with Crippen molar-refractivity contribution in [2.45, 2.75) is 12.8 Å². The maximum atomic E-state index is 11.5. The average molecular weight is 289 g/mol. The second-order valence-electron chi connectivity index (χ2n) is 4.43. The lowest BCUT2D eigenvalue weighted by molar-refractivity contribution is -0.148. The molecule has 1 aromatic heterocycles. The summed E-state index contributed by atoms with van der Waals surface area (Å²) < 4.78 is 4.75. The molecule has 110 valence electrons. The van der Waals surface area contributed by atoms with Gasteiger partial charge in [-0.1, -0.05) is 18.2 Å². The van der Waals surface area contributed by atoms with E-state index in [0.717, 1.165) is 16.5 Å². The highest BCUT2D eigenvalue weighted by molar-refractivity contribution is 5.94. The summed E-state index contributed by atoms with van der Waals surface area (Å²) in [6, 6.07) is 6.79. The maximum Gasteiger partial charge on any atom is 0.318 e. The minimum absolute atomic E-state index is 0.145. The second-order valence-corrected chi connectivity index (χ2v) is 4.43. The summed E-state index contributed by atoms with van der Waals surface area (Å²) >= 11 is 0. The molecule has 0 spiro atoms. The third-order valence-electron chi connectivity index (χ3n) is 2.90. The van der Waals surface area contributed by atoms with Crippen molar-refractivity contribution in [2.24, 2.45) is 5.73 Å². The smallest absolute Gasteiger partial charge is 0.318 e. The van der Waals surface area contributed by atoms with Gasteiger partial charge in [0.05, 0.1) is 0 Å². The van der Waals surface area contributed by atoms with Crippen LogP contribution in [0.25, 0.3) is 10.9 Å². The second kappa shape index (κ2) is 6.56. The van der Waals surface area contributed by atoms with Crippen LogP contribution >= 0.6 is 0 Å². The molecule has 1 heterocycles. The van der Waals surface area contributed by atoms with E-state index in [4.69, 9.17) is 10.5 Å². The number of carbonyl (C=O) groups is 3. The molecule has 1 aromatic carbocycles. The first-order valence-electron chi connectivity index (χ1n) is 6.36. The van der Waals surface area contributed by atoms with Crippen LogP contribution < -0.4 is 11.1 Å². The molecule has 4 N–H and O–H groups in total. The highest BCUT2D eigenvalue weighted by Gasteiger charge is 2.10. The van der Waals surface area contributed by atoms with Gasteiger partial charge < -0.3 is 15.5 Å². The van der Waals surface area contributed by atoms with Crippen LogP contribution in [0.1, 0.15) is 12.0 Å². The first-order valence-corrected chi connectivity index (χ1v) is 6.36. The van der Waals surface area contributed by atoms with Crippen LogP contribution in [0.2, 0.25) is 0 Å². The number of nitrogens with two attached hydrogens (primary N) is 1. The zero-order chi connectivity index (χ0) is 15.2. The highest BCUT2D eigenvalue weighted by atomic mass is 16.5. The number of amides is 3. The molecular formula is C14H15N3O4. The zero-order valence-corrected chi connectivity index (χ0v) is 11.2. The van der Waals surface area contributed by atoms with Gasteiger partial charge in [0.15, 0.2) is 6.61 Å². The maximum absolute atomic E-state index is 11.5. The first kappa shape index (κ1) is 14.6. The number of aromatic amines is 1. The fraction of sp³-hybridized carbons (Fsp3) is 0.214. The monoisotopic (exact) mass is 289 g/mol. The van der Waals surface area contributed by atoms with E-state index in [1.807, 2.05) is 35.8 Å².